The Bertz CT molecular complexity index is 4490. The van der Waals surface area contributed by atoms with Crippen molar-refractivity contribution in [2.75, 3.05) is 0 Å². The average molecular weight is 2000 g/mol. The van der Waals surface area contributed by atoms with Crippen molar-refractivity contribution < 1.29 is 63.3 Å². The van der Waals surface area contributed by atoms with Crippen LogP contribution in [0.3, 0.4) is 0 Å². The summed E-state index contributed by atoms with van der Waals surface area (Å²) >= 11 is 0. The van der Waals surface area contributed by atoms with E-state index >= 15 is 0 Å². The summed E-state index contributed by atoms with van der Waals surface area (Å²) in [5, 5.41) is 27.7. The highest BCUT2D eigenvalue weighted by atomic mass is 16.4. The molecule has 3 aromatic rings. The van der Waals surface area contributed by atoms with E-state index in [1.165, 1.54) is 55.2 Å². The van der Waals surface area contributed by atoms with Gasteiger partial charge in [0.1, 0.15) is 40.5 Å². The molecule has 0 amide bonds. The van der Waals surface area contributed by atoms with Gasteiger partial charge in [-0.2, -0.15) is 0 Å². The van der Waals surface area contributed by atoms with Gasteiger partial charge >= 0.3 is 17.9 Å². The third kappa shape index (κ3) is 43.0. The van der Waals surface area contributed by atoms with Gasteiger partial charge in [-0.25, -0.2) is 0 Å². The minimum atomic E-state index is -0.672. The smallest absolute Gasteiger partial charge is 0.314 e. The molecular weight excluding hydrogens is 1770 g/mol. The van der Waals surface area contributed by atoms with Crippen molar-refractivity contribution in [3.63, 3.8) is 0 Å². The molecule has 0 bridgehead atoms. The third-order valence-corrected chi connectivity index (χ3v) is 32.7. The Morgan fingerprint density at radius 3 is 1.04 bits per heavy atom. The van der Waals surface area contributed by atoms with Gasteiger partial charge in [0, 0.05) is 32.5 Å². The lowest BCUT2D eigenvalue weighted by Crippen LogP contribution is -2.42. The van der Waals surface area contributed by atoms with Crippen LogP contribution in [0.4, 0.5) is 0 Å². The predicted octanol–water partition coefficient (Wildman–Crippen LogP) is 36.0. The van der Waals surface area contributed by atoms with Gasteiger partial charge in [0.25, 0.3) is 0 Å². The van der Waals surface area contributed by atoms with Crippen LogP contribution in [0.15, 0.2) is 78.9 Å². The fourth-order valence-electron chi connectivity index (χ4n) is 26.7. The second-order valence-corrected chi connectivity index (χ2v) is 60.4. The number of aryl methyl sites for hydroxylation is 1. The second-order valence-electron chi connectivity index (χ2n) is 60.4. The molecular formula is C130H224O13. The van der Waals surface area contributed by atoms with Crippen molar-refractivity contribution in [2.45, 2.75) is 530 Å². The molecule has 822 valence electrons. The number of carboxylic acid groups (broad SMARTS) is 3. The Kier molecular flexibility index (Phi) is 49.7. The van der Waals surface area contributed by atoms with Crippen LogP contribution in [0.5, 0.6) is 0 Å². The van der Waals surface area contributed by atoms with Gasteiger partial charge in [0.15, 0.2) is 0 Å². The molecule has 0 spiro atoms. The first kappa shape index (κ1) is 137. The molecule has 5 fully saturated rings. The number of benzene rings is 3. The van der Waals surface area contributed by atoms with E-state index in [-0.39, 0.29) is 134 Å². The maximum atomic E-state index is 12.1. The van der Waals surface area contributed by atoms with Crippen molar-refractivity contribution in [1.82, 2.24) is 0 Å². The first-order valence-electron chi connectivity index (χ1n) is 55.0. The van der Waals surface area contributed by atoms with Crippen LogP contribution in [0.2, 0.25) is 0 Å². The van der Waals surface area contributed by atoms with E-state index in [2.05, 4.69) is 287 Å². The van der Waals surface area contributed by atoms with E-state index in [4.69, 9.17) is 10.2 Å². The lowest BCUT2D eigenvalue weighted by atomic mass is 9.59. The molecule has 0 aliphatic heterocycles. The maximum Gasteiger partial charge on any atom is 0.314 e. The van der Waals surface area contributed by atoms with Crippen LogP contribution in [-0.2, 0) is 78.0 Å². The molecule has 8 unspecified atom stereocenters. The fourth-order valence-corrected chi connectivity index (χ4v) is 26.7. The summed E-state index contributed by atoms with van der Waals surface area (Å²) in [6.45, 7) is 101. The number of rotatable bonds is 21. The van der Waals surface area contributed by atoms with Crippen LogP contribution < -0.4 is 0 Å². The zero-order chi connectivity index (χ0) is 111. The summed E-state index contributed by atoms with van der Waals surface area (Å²) in [5.74, 6) is 0.990. The standard InChI is InChI=1S/C16H22O.C15H20O2.C15H22O.2C14H26O.C12H22O.C12H24O.C11H20O2.C10H18O2.C10H20O.CH4/c1-12(17)16(11-15(2,3)4)9-13-7-5-6-8-14(13)10-16;1-14(2,3)10-15(13(16)17)9-8-11-6-4-5-7-12(11)15;1-12(16)15(5,11-14(2,3)4)13-9-7-6-8-10-13;1-11(15)14(9-12(2,3)4)8-7-13(5,6)10-14;1-11(15)14(10-12(2,3)4)9-7-8-13(14,5)6;1-10(13)12(7-5-6-8-12)9-11(2,3)4;1-7-12(8-2,10(3)13)9-11(4,5)6;1-11(2,3)9-7-5-4-6-8(9)10(12)13;1-9(2,3)7-6(8(11)12)10(7,4)5;1-8(11)10(5,6)7-9(2,3)4;/h5-8H,9-11H2,1-4H3;4-7H,8-10H2,1-3H3,(H,16,17);6-10H,11H2,1-5H3;2*7-10H2,1-6H3;5-9H2,1-4H3;7-9H2,1-6H3;8-9H,4-7H2,1-3H3,(H,12,13);6-7H,1-5H3,(H,11,12);7H2,1-6H3;1H4. The molecule has 5 saturated carbocycles. The third-order valence-electron chi connectivity index (χ3n) is 32.7. The first-order chi connectivity index (χ1) is 63.5. The molecule has 13 heteroatoms. The van der Waals surface area contributed by atoms with Gasteiger partial charge in [-0.05, 0) is 313 Å². The van der Waals surface area contributed by atoms with Gasteiger partial charge < -0.3 is 15.3 Å². The number of hydrogen-bond donors (Lipinski definition) is 3. The molecule has 7 aliphatic carbocycles. The molecule has 0 heterocycles. The second kappa shape index (κ2) is 52.0. The molecule has 7 aliphatic rings. The van der Waals surface area contributed by atoms with Crippen LogP contribution >= 0.6 is 0 Å². The molecule has 0 radical (unpaired) electrons. The van der Waals surface area contributed by atoms with E-state index < -0.39 is 23.3 Å². The number of carbonyl (C=O) groups is 10. The first-order valence-corrected chi connectivity index (χ1v) is 55.0. The minimum Gasteiger partial charge on any atom is -0.481 e. The Morgan fingerprint density at radius 1 is 0.357 bits per heavy atom. The van der Waals surface area contributed by atoms with E-state index in [1.807, 2.05) is 76.2 Å². The molecule has 0 aromatic heterocycles. The molecule has 0 saturated heterocycles. The maximum absolute atomic E-state index is 12.1. The fraction of sp³-hybridized carbons (Fsp3) is 0.785. The number of carboxylic acids is 3. The highest BCUT2D eigenvalue weighted by Gasteiger charge is 2.66. The number of aliphatic carboxylic acids is 3. The molecule has 3 aromatic carbocycles. The summed E-state index contributed by atoms with van der Waals surface area (Å²) in [6, 6.07) is 26.6. The Balaban J connectivity index is 0.00000157. The lowest BCUT2D eigenvalue weighted by molar-refractivity contribution is -0.147. The summed E-state index contributed by atoms with van der Waals surface area (Å²) in [7, 11) is 0. The van der Waals surface area contributed by atoms with Crippen LogP contribution in [0, 0.1) is 127 Å². The van der Waals surface area contributed by atoms with E-state index in [0.29, 0.717) is 52.6 Å². The Morgan fingerprint density at radius 2 is 0.755 bits per heavy atom. The highest BCUT2D eigenvalue weighted by Crippen LogP contribution is 2.66. The predicted molar refractivity (Wildman–Crippen MR) is 606 cm³/mol. The van der Waals surface area contributed by atoms with E-state index in [0.717, 1.165) is 146 Å². The SMILES string of the molecule is C.CC(=O)C(C)(C)CC(C)(C)C.CC(=O)C(C)(CC(C)(C)C)c1ccccc1.CC(=O)C1(CC(C)(C)C)CCC(C)(C)C1.CC(=O)C1(CC(C)(C)C)CCCC1.CC(=O)C1(CC(C)(C)C)CCCC1(C)C.CC(=O)C1(CC(C)(C)C)Cc2ccccc2C1.CC(C)(C)C1C(C(=O)O)C1(C)C.CC(C)(C)C1CCCCC1C(=O)O.CC(C)(C)CC1(C(=O)O)CCc2ccccc21.CCC(CC)(CC(C)(C)C)C(C)=O. The van der Waals surface area contributed by atoms with Gasteiger partial charge in [-0.15, -0.1) is 0 Å². The number of hydrogen-bond acceptors (Lipinski definition) is 10. The van der Waals surface area contributed by atoms with Crippen molar-refractivity contribution in [1.29, 1.82) is 0 Å². The van der Waals surface area contributed by atoms with Crippen molar-refractivity contribution in [3.8, 4) is 0 Å². The van der Waals surface area contributed by atoms with Crippen LogP contribution in [0.1, 0.15) is 528 Å². The zero-order valence-electron chi connectivity index (χ0n) is 101. The Hall–Kier alpha value is -6.24. The molecule has 8 atom stereocenters. The van der Waals surface area contributed by atoms with E-state index in [9.17, 15) is 53.1 Å². The van der Waals surface area contributed by atoms with Crippen molar-refractivity contribution >= 4 is 58.4 Å². The monoisotopic (exact) mass is 1990 g/mol. The van der Waals surface area contributed by atoms with Crippen LogP contribution in [-0.4, -0.2) is 73.7 Å². The summed E-state index contributed by atoms with van der Waals surface area (Å²) in [6.07, 6.45) is 28.9. The number of fused-ring (bicyclic) bond motifs is 2. The van der Waals surface area contributed by atoms with Gasteiger partial charge in [0.05, 0.1) is 22.7 Å². The lowest BCUT2D eigenvalue weighted by Gasteiger charge is -2.43. The molecule has 143 heavy (non-hydrogen) atoms. The normalized spacial score (nSPS) is 22.8. The highest BCUT2D eigenvalue weighted by molar-refractivity contribution is 5.88. The summed E-state index contributed by atoms with van der Waals surface area (Å²) in [4.78, 5) is 116. The van der Waals surface area contributed by atoms with Gasteiger partial charge in [-0.3, -0.25) is 47.9 Å². The molecule has 3 N–H and O–H groups in total. The largest absolute Gasteiger partial charge is 0.481 e. The number of ketones is 7. The molecule has 10 rings (SSSR count). The Labute approximate surface area is 879 Å². The number of Topliss-reactive ketones (excluding diaryl/α,β-unsaturated/α-hetero) is 7. The van der Waals surface area contributed by atoms with Crippen molar-refractivity contribution in [3.05, 3.63) is 107 Å². The van der Waals surface area contributed by atoms with Crippen molar-refractivity contribution in [2.24, 2.45) is 127 Å². The summed E-state index contributed by atoms with van der Waals surface area (Å²) < 4.78 is 0. The molecule has 13 nitrogen and oxygen atoms in total. The quantitative estimate of drug-likeness (QED) is 0.0902. The summed E-state index contributed by atoms with van der Waals surface area (Å²) in [5.41, 5.74) is 7.08. The number of carbonyl (C=O) groups excluding carboxylic acids is 7. The van der Waals surface area contributed by atoms with Crippen LogP contribution in [0.25, 0.3) is 0 Å². The van der Waals surface area contributed by atoms with Gasteiger partial charge in [-0.1, -0.05) is 395 Å². The zero-order valence-corrected chi connectivity index (χ0v) is 101. The van der Waals surface area contributed by atoms with E-state index in [1.54, 1.807) is 48.5 Å². The van der Waals surface area contributed by atoms with Gasteiger partial charge in [0.2, 0.25) is 0 Å². The minimum absolute atomic E-state index is 0. The average Bonchev–Trinajstić information content (AvgIpc) is 1.54. The topological polar surface area (TPSA) is 231 Å².